The Bertz CT molecular complexity index is 698. The minimum Gasteiger partial charge on any atom is -0.481 e. The van der Waals surface area contributed by atoms with Gasteiger partial charge in [0.1, 0.15) is 5.60 Å². The van der Waals surface area contributed by atoms with Crippen LogP contribution in [0.1, 0.15) is 59.8 Å². The predicted molar refractivity (Wildman–Crippen MR) is 92.9 cm³/mol. The van der Waals surface area contributed by atoms with Gasteiger partial charge in [0.25, 0.3) is 0 Å². The molecule has 2 spiro atoms. The highest BCUT2D eigenvalue weighted by Crippen LogP contribution is 2.81. The molecule has 0 amide bonds. The number of allylic oxidation sites excluding steroid dienone is 1. The van der Waals surface area contributed by atoms with Crippen LogP contribution >= 0.6 is 0 Å². The van der Waals surface area contributed by atoms with Crippen molar-refractivity contribution in [1.82, 2.24) is 0 Å². The smallest absolute Gasteiger partial charge is 0.307 e. The first-order valence-corrected chi connectivity index (χ1v) is 9.86. The van der Waals surface area contributed by atoms with E-state index in [-0.39, 0.29) is 39.8 Å². The normalized spacial score (nSPS) is 60.4. The van der Waals surface area contributed by atoms with Gasteiger partial charge in [-0.2, -0.15) is 0 Å². The van der Waals surface area contributed by atoms with Crippen molar-refractivity contribution < 1.29 is 19.7 Å². The zero-order chi connectivity index (χ0) is 18.0. The Balaban J connectivity index is 1.75. The van der Waals surface area contributed by atoms with Gasteiger partial charge in [0, 0.05) is 5.92 Å². The van der Waals surface area contributed by atoms with Crippen molar-refractivity contribution in [1.29, 1.82) is 0 Å². The molecule has 0 aromatic rings. The van der Waals surface area contributed by atoms with Gasteiger partial charge in [0.15, 0.2) is 0 Å². The molecule has 2 bridgehead atoms. The summed E-state index contributed by atoms with van der Waals surface area (Å²) >= 11 is 0. The van der Waals surface area contributed by atoms with Crippen LogP contribution in [0, 0.1) is 34.5 Å². The number of fused-ring (bicyclic) bond motifs is 1. The Morgan fingerprint density at radius 1 is 1.28 bits per heavy atom. The highest BCUT2D eigenvalue weighted by molar-refractivity contribution is 5.74. The van der Waals surface area contributed by atoms with E-state index < -0.39 is 17.5 Å². The van der Waals surface area contributed by atoms with Crippen LogP contribution in [0.4, 0.5) is 0 Å². The second kappa shape index (κ2) is 4.17. The third-order valence-corrected chi connectivity index (χ3v) is 9.03. The molecule has 138 valence electrons. The van der Waals surface area contributed by atoms with E-state index in [2.05, 4.69) is 39.8 Å². The lowest BCUT2D eigenvalue weighted by molar-refractivity contribution is -0.151. The monoisotopic (exact) mass is 346 g/mol. The van der Waals surface area contributed by atoms with Crippen molar-refractivity contribution in [2.75, 3.05) is 0 Å². The molecule has 4 aliphatic carbocycles. The number of hydrogen-bond donors (Lipinski definition) is 2. The lowest BCUT2D eigenvalue weighted by atomic mass is 9.62. The van der Waals surface area contributed by atoms with E-state index in [4.69, 9.17) is 4.74 Å². The molecular formula is C21H30O4. The van der Waals surface area contributed by atoms with E-state index >= 15 is 0 Å². The SMILES string of the molecule is C[C@H]1C[C@]23C[C@@]1(O)CC[C@H]2[C@]12OC1(C)CC=CC(C)(C)[C@H]2[C@@H]3C(=O)O. The molecular weight excluding hydrogens is 316 g/mol. The topological polar surface area (TPSA) is 70.1 Å². The maximum Gasteiger partial charge on any atom is 0.307 e. The summed E-state index contributed by atoms with van der Waals surface area (Å²) in [6, 6.07) is 0. The molecule has 4 nitrogen and oxygen atoms in total. The zero-order valence-electron chi connectivity index (χ0n) is 15.7. The number of ether oxygens (including phenoxy) is 1. The van der Waals surface area contributed by atoms with Crippen LogP contribution < -0.4 is 0 Å². The van der Waals surface area contributed by atoms with E-state index in [0.29, 0.717) is 6.42 Å². The van der Waals surface area contributed by atoms with Crippen LogP contribution in [0.15, 0.2) is 12.2 Å². The van der Waals surface area contributed by atoms with E-state index in [9.17, 15) is 15.0 Å². The lowest BCUT2D eigenvalue weighted by Crippen LogP contribution is -2.45. The summed E-state index contributed by atoms with van der Waals surface area (Å²) in [5.41, 5.74) is -1.80. The maximum absolute atomic E-state index is 12.6. The minimum atomic E-state index is -0.688. The number of rotatable bonds is 1. The Hall–Kier alpha value is -0.870. The molecule has 0 aromatic heterocycles. The van der Waals surface area contributed by atoms with E-state index in [1.54, 1.807) is 0 Å². The van der Waals surface area contributed by atoms with Crippen LogP contribution in [-0.4, -0.2) is 33.0 Å². The second-order valence-corrected chi connectivity index (χ2v) is 10.6. The van der Waals surface area contributed by atoms with Crippen molar-refractivity contribution in [3.8, 4) is 0 Å². The summed E-state index contributed by atoms with van der Waals surface area (Å²) in [5.74, 6) is -0.735. The second-order valence-electron chi connectivity index (χ2n) is 10.6. The van der Waals surface area contributed by atoms with Crippen molar-refractivity contribution in [2.45, 2.75) is 76.6 Å². The Labute approximate surface area is 149 Å². The average Bonchev–Trinajstić information content (AvgIpc) is 2.91. The van der Waals surface area contributed by atoms with Crippen LogP contribution in [0.5, 0.6) is 0 Å². The zero-order valence-corrected chi connectivity index (χ0v) is 15.7. The molecule has 1 heterocycles. The summed E-state index contributed by atoms with van der Waals surface area (Å²) < 4.78 is 6.56. The van der Waals surface area contributed by atoms with Gasteiger partial charge in [0.05, 0.1) is 17.1 Å². The molecule has 5 rings (SSSR count). The first-order chi connectivity index (χ1) is 11.5. The minimum absolute atomic E-state index is 0.0288. The number of aliphatic carboxylic acids is 1. The molecule has 1 unspecified atom stereocenters. The molecule has 3 saturated carbocycles. The van der Waals surface area contributed by atoms with Gasteiger partial charge in [-0.1, -0.05) is 32.9 Å². The lowest BCUT2D eigenvalue weighted by Gasteiger charge is -2.42. The van der Waals surface area contributed by atoms with Gasteiger partial charge in [-0.15, -0.1) is 0 Å². The van der Waals surface area contributed by atoms with Crippen LogP contribution in [0.3, 0.4) is 0 Å². The van der Waals surface area contributed by atoms with Gasteiger partial charge < -0.3 is 14.9 Å². The molecule has 0 radical (unpaired) electrons. The van der Waals surface area contributed by atoms with Crippen LogP contribution in [0.25, 0.3) is 0 Å². The quantitative estimate of drug-likeness (QED) is 0.564. The standard InChI is InChI=1S/C21H30O4/c1-12-10-19-11-20(12,24)9-6-13(19)21-15(14(19)16(22)23)17(2,3)7-5-8-18(21,4)25-21/h5,7,12-15,24H,6,8-11H2,1-4H3,(H,22,23)/t12-,13+,14+,15+,18?,19-,20-,21+/m0/s1. The Morgan fingerprint density at radius 2 is 2.00 bits per heavy atom. The van der Waals surface area contributed by atoms with E-state index in [1.165, 1.54) is 0 Å². The van der Waals surface area contributed by atoms with Crippen molar-refractivity contribution >= 4 is 5.97 Å². The summed E-state index contributed by atoms with van der Waals surface area (Å²) in [5, 5.41) is 21.5. The van der Waals surface area contributed by atoms with E-state index in [0.717, 1.165) is 25.7 Å². The number of carboxylic acid groups (broad SMARTS) is 1. The Morgan fingerprint density at radius 3 is 2.68 bits per heavy atom. The molecule has 1 aliphatic heterocycles. The van der Waals surface area contributed by atoms with Crippen molar-refractivity contribution in [2.24, 2.45) is 34.5 Å². The fraction of sp³-hybridized carbons (Fsp3) is 0.857. The largest absolute Gasteiger partial charge is 0.481 e. The number of aliphatic hydroxyl groups is 1. The molecule has 2 N–H and O–H groups in total. The highest BCUT2D eigenvalue weighted by atomic mass is 16.6. The number of carboxylic acids is 1. The third kappa shape index (κ3) is 1.57. The van der Waals surface area contributed by atoms with Crippen molar-refractivity contribution in [3.05, 3.63) is 12.2 Å². The number of carbonyl (C=O) groups is 1. The number of hydrogen-bond acceptors (Lipinski definition) is 3. The Kier molecular flexibility index (Phi) is 2.72. The summed E-state index contributed by atoms with van der Waals surface area (Å²) in [6.45, 7) is 8.65. The van der Waals surface area contributed by atoms with Gasteiger partial charge in [-0.3, -0.25) is 4.79 Å². The van der Waals surface area contributed by atoms with Gasteiger partial charge in [-0.05, 0) is 61.7 Å². The third-order valence-electron chi connectivity index (χ3n) is 9.03. The molecule has 0 aromatic carbocycles. The predicted octanol–water partition coefficient (Wildman–Crippen LogP) is 3.39. The van der Waals surface area contributed by atoms with Gasteiger partial charge >= 0.3 is 5.97 Å². The fourth-order valence-corrected chi connectivity index (χ4v) is 8.19. The first kappa shape index (κ1) is 16.3. The molecule has 4 heteroatoms. The molecule has 25 heavy (non-hydrogen) atoms. The molecule has 1 saturated heterocycles. The maximum atomic E-state index is 12.6. The summed E-state index contributed by atoms with van der Waals surface area (Å²) in [4.78, 5) is 12.6. The molecule has 5 aliphatic rings. The first-order valence-electron chi connectivity index (χ1n) is 9.86. The number of epoxide rings is 1. The van der Waals surface area contributed by atoms with Gasteiger partial charge in [0.2, 0.25) is 0 Å². The summed E-state index contributed by atoms with van der Waals surface area (Å²) in [7, 11) is 0. The van der Waals surface area contributed by atoms with Crippen LogP contribution in [0.2, 0.25) is 0 Å². The van der Waals surface area contributed by atoms with E-state index in [1.807, 2.05) is 0 Å². The fourth-order valence-electron chi connectivity index (χ4n) is 8.19. The molecule has 8 atom stereocenters. The van der Waals surface area contributed by atoms with Crippen LogP contribution in [-0.2, 0) is 9.53 Å². The van der Waals surface area contributed by atoms with Crippen molar-refractivity contribution in [3.63, 3.8) is 0 Å². The van der Waals surface area contributed by atoms with Gasteiger partial charge in [-0.25, -0.2) is 0 Å². The average molecular weight is 346 g/mol. The highest BCUT2D eigenvalue weighted by Gasteiger charge is 2.87. The molecule has 4 fully saturated rings. The summed E-state index contributed by atoms with van der Waals surface area (Å²) in [6.07, 6.45) is 8.44.